The molecule has 8 heteroatoms. The minimum Gasteiger partial charge on any atom is -0.469 e. The van der Waals surface area contributed by atoms with E-state index in [1.54, 1.807) is 12.4 Å². The zero-order valence-electron chi connectivity index (χ0n) is 14.6. The monoisotopic (exact) mass is 335 g/mol. The number of hydrogen-bond donors (Lipinski definition) is 1. The molecule has 3 rings (SSSR count). The number of aryl methyl sites for hydroxylation is 1. The number of fused-ring (bicyclic) bond motifs is 1. The quantitative estimate of drug-likeness (QED) is 0.677. The Kier molecular flexibility index (Phi) is 4.17. The maximum atomic E-state index is 12.3. The number of ether oxygens (including phenoxy) is 1. The van der Waals surface area contributed by atoms with Crippen molar-refractivity contribution in [1.82, 2.24) is 15.0 Å². The molecule has 0 bridgehead atoms. The van der Waals surface area contributed by atoms with Gasteiger partial charge in [0.25, 0.3) is 6.71 Å². The van der Waals surface area contributed by atoms with Crippen molar-refractivity contribution in [3.05, 3.63) is 41.5 Å². The molecule has 0 radical (unpaired) electrons. The molecule has 0 amide bonds. The molecule has 0 aromatic carbocycles. The minimum atomic E-state index is -0.720. The van der Waals surface area contributed by atoms with Crippen molar-refractivity contribution in [3.63, 3.8) is 0 Å². The predicted octanol–water partition coefficient (Wildman–Crippen LogP) is 2.11. The maximum absolute atomic E-state index is 12.3. The predicted molar refractivity (Wildman–Crippen MR) is 93.4 cm³/mol. The Balaban J connectivity index is 2.04. The van der Waals surface area contributed by atoms with E-state index >= 15 is 0 Å². The molecule has 0 spiro atoms. The SMILES string of the molecule is COC(=O)C1B(C#N)C(C)(C)c2cnc(Nc3ccnc(C)c3)nc21. The normalized spacial score (nSPS) is 17.6. The lowest BCUT2D eigenvalue weighted by atomic mass is 9.32. The molecule has 0 saturated carbocycles. The van der Waals surface area contributed by atoms with E-state index < -0.39 is 23.8 Å². The molecule has 7 nitrogen and oxygen atoms in total. The first kappa shape index (κ1) is 16.9. The Bertz CT molecular complexity index is 878. The van der Waals surface area contributed by atoms with Crippen LogP contribution in [-0.2, 0) is 14.8 Å². The van der Waals surface area contributed by atoms with Crippen LogP contribution in [0.2, 0.25) is 0 Å². The number of rotatable bonds is 3. The molecule has 3 heterocycles. The maximum Gasteiger partial charge on any atom is 0.308 e. The molecule has 1 unspecified atom stereocenters. The summed E-state index contributed by atoms with van der Waals surface area (Å²) in [4.78, 5) is 25.3. The van der Waals surface area contributed by atoms with Crippen molar-refractivity contribution in [3.8, 4) is 5.97 Å². The molecular formula is C17H18BN5O2. The summed E-state index contributed by atoms with van der Waals surface area (Å²) in [5.74, 6) is 1.44. The average molecular weight is 335 g/mol. The van der Waals surface area contributed by atoms with Crippen LogP contribution in [0.15, 0.2) is 24.5 Å². The topological polar surface area (TPSA) is 101 Å². The molecular weight excluding hydrogens is 317 g/mol. The lowest BCUT2D eigenvalue weighted by Crippen LogP contribution is -2.38. The molecule has 2 aromatic heterocycles. The third-order valence-corrected chi connectivity index (χ3v) is 4.66. The number of hydrogen-bond acceptors (Lipinski definition) is 7. The third-order valence-electron chi connectivity index (χ3n) is 4.66. The van der Waals surface area contributed by atoms with Gasteiger partial charge in [-0.25, -0.2) is 15.2 Å². The van der Waals surface area contributed by atoms with Crippen molar-refractivity contribution in [2.75, 3.05) is 12.4 Å². The summed E-state index contributed by atoms with van der Waals surface area (Å²) >= 11 is 0. The van der Waals surface area contributed by atoms with Crippen LogP contribution in [0, 0.1) is 18.2 Å². The molecule has 1 aliphatic rings. The number of pyridine rings is 1. The summed E-state index contributed by atoms with van der Waals surface area (Å²) in [6.07, 6.45) is 3.38. The van der Waals surface area contributed by atoms with Gasteiger partial charge in [-0.05, 0) is 29.9 Å². The van der Waals surface area contributed by atoms with Crippen LogP contribution in [0.5, 0.6) is 0 Å². The fourth-order valence-corrected chi connectivity index (χ4v) is 3.29. The first-order valence-electron chi connectivity index (χ1n) is 7.93. The van der Waals surface area contributed by atoms with Gasteiger partial charge in [0.05, 0.1) is 18.6 Å². The molecule has 0 saturated heterocycles. The van der Waals surface area contributed by atoms with E-state index in [-0.39, 0.29) is 0 Å². The van der Waals surface area contributed by atoms with E-state index in [4.69, 9.17) is 4.74 Å². The number of nitriles is 1. The molecule has 1 atom stereocenters. The highest BCUT2D eigenvalue weighted by Gasteiger charge is 2.55. The Morgan fingerprint density at radius 2 is 2.20 bits per heavy atom. The van der Waals surface area contributed by atoms with Crippen LogP contribution in [0.4, 0.5) is 11.6 Å². The standard InChI is InChI=1S/C17H18BN5O2/c1-10-7-11(5-6-20-10)22-16-21-8-12-14(23-16)13(15(24)25-4)18(9-19)17(12,2)3/h5-8,13H,1-4H3,(H,20,21,22,23). The highest BCUT2D eigenvalue weighted by molar-refractivity contribution is 6.75. The number of aromatic nitrogens is 3. The second kappa shape index (κ2) is 6.17. The molecule has 2 aromatic rings. The molecule has 1 N–H and O–H groups in total. The number of esters is 1. The van der Waals surface area contributed by atoms with Gasteiger partial charge in [0.2, 0.25) is 5.95 Å². The number of nitrogens with zero attached hydrogens (tertiary/aromatic N) is 4. The van der Waals surface area contributed by atoms with Crippen molar-refractivity contribution < 1.29 is 9.53 Å². The molecule has 126 valence electrons. The fourth-order valence-electron chi connectivity index (χ4n) is 3.29. The van der Waals surface area contributed by atoms with Crippen molar-refractivity contribution in [2.24, 2.45) is 0 Å². The van der Waals surface area contributed by atoms with Crippen LogP contribution in [0.1, 0.15) is 36.6 Å². The van der Waals surface area contributed by atoms with Crippen LogP contribution >= 0.6 is 0 Å². The fraction of sp³-hybridized carbons (Fsp3) is 0.353. The van der Waals surface area contributed by atoms with Crippen LogP contribution < -0.4 is 5.32 Å². The summed E-state index contributed by atoms with van der Waals surface area (Å²) in [5.41, 5.74) is 3.01. The Hall–Kier alpha value is -2.95. The van der Waals surface area contributed by atoms with Gasteiger partial charge in [-0.3, -0.25) is 9.78 Å². The lowest BCUT2D eigenvalue weighted by molar-refractivity contribution is -0.140. The molecule has 0 fully saturated rings. The van der Waals surface area contributed by atoms with Gasteiger partial charge < -0.3 is 10.1 Å². The third kappa shape index (κ3) is 2.82. The number of carbonyl (C=O) groups is 1. The lowest BCUT2D eigenvalue weighted by Gasteiger charge is -2.21. The number of nitrogens with one attached hydrogen (secondary N) is 1. The summed E-state index contributed by atoms with van der Waals surface area (Å²) in [5, 5.41) is 12.2. The summed E-state index contributed by atoms with van der Waals surface area (Å²) in [6, 6.07) is 3.68. The number of methoxy groups -OCH3 is 1. The first-order valence-corrected chi connectivity index (χ1v) is 7.93. The molecule has 0 aliphatic carbocycles. The Morgan fingerprint density at radius 3 is 2.84 bits per heavy atom. The first-order chi connectivity index (χ1) is 11.9. The minimum absolute atomic E-state index is 0.368. The molecule has 25 heavy (non-hydrogen) atoms. The second-order valence-electron chi connectivity index (χ2n) is 6.63. The zero-order valence-corrected chi connectivity index (χ0v) is 14.6. The summed E-state index contributed by atoms with van der Waals surface area (Å²) in [6.45, 7) is 5.18. The van der Waals surface area contributed by atoms with Crippen LogP contribution in [0.25, 0.3) is 0 Å². The highest BCUT2D eigenvalue weighted by atomic mass is 16.5. The largest absolute Gasteiger partial charge is 0.469 e. The number of anilines is 2. The van der Waals surface area contributed by atoms with Crippen molar-refractivity contribution in [1.29, 1.82) is 5.26 Å². The second-order valence-corrected chi connectivity index (χ2v) is 6.63. The van der Waals surface area contributed by atoms with Gasteiger partial charge in [-0.2, -0.15) is 0 Å². The highest BCUT2D eigenvalue weighted by Crippen LogP contribution is 2.44. The van der Waals surface area contributed by atoms with Crippen molar-refractivity contribution in [2.45, 2.75) is 31.9 Å². The van der Waals surface area contributed by atoms with Gasteiger partial charge >= 0.3 is 5.97 Å². The van der Waals surface area contributed by atoms with E-state index in [0.29, 0.717) is 11.6 Å². The van der Waals surface area contributed by atoms with Gasteiger partial charge in [0.15, 0.2) is 0 Å². The van der Waals surface area contributed by atoms with E-state index in [1.807, 2.05) is 32.9 Å². The average Bonchev–Trinajstić information content (AvgIpc) is 2.80. The number of carbonyl (C=O) groups excluding carboxylic acids is 1. The van der Waals surface area contributed by atoms with Gasteiger partial charge in [-0.15, -0.1) is 0 Å². The zero-order chi connectivity index (χ0) is 18.2. The van der Waals surface area contributed by atoms with E-state index in [0.717, 1.165) is 16.9 Å². The summed E-state index contributed by atoms with van der Waals surface area (Å²) in [7, 11) is 1.32. The van der Waals surface area contributed by atoms with Gasteiger partial charge in [0, 0.05) is 29.7 Å². The van der Waals surface area contributed by atoms with E-state index in [9.17, 15) is 10.1 Å². The Labute approximate surface area is 146 Å². The van der Waals surface area contributed by atoms with Gasteiger partial charge in [0.1, 0.15) is 0 Å². The van der Waals surface area contributed by atoms with Crippen LogP contribution in [0.3, 0.4) is 0 Å². The summed E-state index contributed by atoms with van der Waals surface area (Å²) < 4.78 is 4.91. The van der Waals surface area contributed by atoms with E-state index in [1.165, 1.54) is 7.11 Å². The molecule has 1 aliphatic heterocycles. The van der Waals surface area contributed by atoms with Crippen LogP contribution in [-0.4, -0.2) is 34.7 Å². The Morgan fingerprint density at radius 1 is 1.44 bits per heavy atom. The smallest absolute Gasteiger partial charge is 0.308 e. The van der Waals surface area contributed by atoms with E-state index in [2.05, 4.69) is 26.2 Å². The van der Waals surface area contributed by atoms with Crippen molar-refractivity contribution >= 4 is 24.3 Å². The van der Waals surface area contributed by atoms with Gasteiger partial charge in [-0.1, -0.05) is 13.8 Å².